The van der Waals surface area contributed by atoms with E-state index in [-0.39, 0.29) is 0 Å². The maximum atomic E-state index is 11.2. The molecule has 1 N–H and O–H groups in total. The van der Waals surface area contributed by atoms with Crippen molar-refractivity contribution in [2.24, 2.45) is 0 Å². The molecule has 0 spiro atoms. The van der Waals surface area contributed by atoms with Gasteiger partial charge in [-0.15, -0.1) is 0 Å². The third-order valence-corrected chi connectivity index (χ3v) is 1.42. The predicted molar refractivity (Wildman–Crippen MR) is 53.7 cm³/mol. The number of hydrogen-bond acceptors (Lipinski definition) is 3. The summed E-state index contributed by atoms with van der Waals surface area (Å²) in [6.07, 6.45) is 0.974. The minimum Gasteiger partial charge on any atom is -0.444 e. The molecule has 0 rings (SSSR count). The van der Waals surface area contributed by atoms with E-state index in [1.807, 2.05) is 13.0 Å². The molecule has 1 unspecified atom stereocenters. The summed E-state index contributed by atoms with van der Waals surface area (Å²) in [7, 11) is 0. The van der Waals surface area contributed by atoms with Crippen molar-refractivity contribution < 1.29 is 9.53 Å². The van der Waals surface area contributed by atoms with Gasteiger partial charge in [0.25, 0.3) is 0 Å². The summed E-state index contributed by atoms with van der Waals surface area (Å²) in [5.74, 6) is 0. The Kier molecular flexibility index (Phi) is 5.00. The first-order chi connectivity index (χ1) is 6.39. The van der Waals surface area contributed by atoms with Gasteiger partial charge in [0.2, 0.25) is 0 Å². The van der Waals surface area contributed by atoms with E-state index in [0.29, 0.717) is 6.42 Å². The van der Waals surface area contributed by atoms with Gasteiger partial charge >= 0.3 is 6.09 Å². The monoisotopic (exact) mass is 198 g/mol. The standard InChI is InChI=1S/C10H18N2O2/c1-5-6-8(7-11)12-9(13)14-10(2,3)4/h8H,5-6H2,1-4H3,(H,12,13). The Morgan fingerprint density at radius 1 is 1.57 bits per heavy atom. The number of alkyl carbamates (subject to hydrolysis) is 1. The Morgan fingerprint density at radius 3 is 2.50 bits per heavy atom. The van der Waals surface area contributed by atoms with Gasteiger partial charge in [0.15, 0.2) is 0 Å². The molecular weight excluding hydrogens is 180 g/mol. The van der Waals surface area contributed by atoms with E-state index < -0.39 is 17.7 Å². The molecule has 0 aliphatic heterocycles. The van der Waals surface area contributed by atoms with Gasteiger partial charge in [-0.25, -0.2) is 4.79 Å². The fourth-order valence-corrected chi connectivity index (χ4v) is 0.907. The number of nitriles is 1. The van der Waals surface area contributed by atoms with Gasteiger partial charge in [-0.1, -0.05) is 13.3 Å². The highest BCUT2D eigenvalue weighted by Crippen LogP contribution is 2.07. The average Bonchev–Trinajstić information content (AvgIpc) is 2.00. The lowest BCUT2D eigenvalue weighted by molar-refractivity contribution is 0.0514. The number of hydrogen-bond donors (Lipinski definition) is 1. The van der Waals surface area contributed by atoms with Crippen LogP contribution in [0.15, 0.2) is 0 Å². The summed E-state index contributed by atoms with van der Waals surface area (Å²) in [4.78, 5) is 11.2. The number of nitrogens with one attached hydrogen (secondary N) is 1. The first kappa shape index (κ1) is 12.8. The van der Waals surface area contributed by atoms with E-state index in [4.69, 9.17) is 10.00 Å². The summed E-state index contributed by atoms with van der Waals surface area (Å²) >= 11 is 0. The lowest BCUT2D eigenvalue weighted by Gasteiger charge is -2.20. The summed E-state index contributed by atoms with van der Waals surface area (Å²) in [6, 6.07) is 1.56. The number of rotatable bonds is 3. The molecule has 4 nitrogen and oxygen atoms in total. The molecule has 4 heteroatoms. The first-order valence-corrected chi connectivity index (χ1v) is 4.78. The van der Waals surface area contributed by atoms with Crippen LogP contribution in [-0.4, -0.2) is 17.7 Å². The van der Waals surface area contributed by atoms with Crippen LogP contribution in [0.2, 0.25) is 0 Å². The molecule has 0 bridgehead atoms. The van der Waals surface area contributed by atoms with Crippen molar-refractivity contribution >= 4 is 6.09 Å². The molecule has 1 amide bonds. The van der Waals surface area contributed by atoms with Crippen LogP contribution in [0.25, 0.3) is 0 Å². The molecule has 0 aromatic rings. The number of carbonyl (C=O) groups is 1. The van der Waals surface area contributed by atoms with E-state index in [1.54, 1.807) is 20.8 Å². The number of carbonyl (C=O) groups excluding carboxylic acids is 1. The maximum absolute atomic E-state index is 11.2. The third-order valence-electron chi connectivity index (χ3n) is 1.42. The molecule has 0 saturated heterocycles. The van der Waals surface area contributed by atoms with Crippen LogP contribution in [0, 0.1) is 11.3 Å². The van der Waals surface area contributed by atoms with E-state index in [0.717, 1.165) is 6.42 Å². The third kappa shape index (κ3) is 6.30. The first-order valence-electron chi connectivity index (χ1n) is 4.78. The van der Waals surface area contributed by atoms with Gasteiger partial charge in [-0.3, -0.25) is 0 Å². The smallest absolute Gasteiger partial charge is 0.408 e. The van der Waals surface area contributed by atoms with Crippen molar-refractivity contribution in [3.05, 3.63) is 0 Å². The molecule has 0 aromatic heterocycles. The van der Waals surface area contributed by atoms with Crippen LogP contribution >= 0.6 is 0 Å². The molecule has 80 valence electrons. The minimum absolute atomic E-state index is 0.449. The summed E-state index contributed by atoms with van der Waals surface area (Å²) in [5.41, 5.74) is -0.518. The topological polar surface area (TPSA) is 62.1 Å². The number of nitrogens with zero attached hydrogens (tertiary/aromatic N) is 1. The van der Waals surface area contributed by atoms with E-state index >= 15 is 0 Å². The zero-order valence-corrected chi connectivity index (χ0v) is 9.26. The summed E-state index contributed by atoms with van der Waals surface area (Å²) in [5, 5.41) is 11.2. The van der Waals surface area contributed by atoms with Crippen LogP contribution < -0.4 is 5.32 Å². The van der Waals surface area contributed by atoms with Gasteiger partial charge in [-0.2, -0.15) is 5.26 Å². The largest absolute Gasteiger partial charge is 0.444 e. The van der Waals surface area contributed by atoms with Crippen molar-refractivity contribution in [1.29, 1.82) is 5.26 Å². The molecule has 0 aliphatic rings. The lowest BCUT2D eigenvalue weighted by Crippen LogP contribution is -2.38. The fraction of sp³-hybridized carbons (Fsp3) is 0.800. The van der Waals surface area contributed by atoms with Gasteiger partial charge in [0, 0.05) is 0 Å². The van der Waals surface area contributed by atoms with Gasteiger partial charge < -0.3 is 10.1 Å². The molecule has 0 aliphatic carbocycles. The van der Waals surface area contributed by atoms with Crippen molar-refractivity contribution in [3.8, 4) is 6.07 Å². The quantitative estimate of drug-likeness (QED) is 0.756. The zero-order chi connectivity index (χ0) is 11.2. The summed E-state index contributed by atoms with van der Waals surface area (Å²) in [6.45, 7) is 7.32. The van der Waals surface area contributed by atoms with Crippen LogP contribution in [-0.2, 0) is 4.74 Å². The highest BCUT2D eigenvalue weighted by Gasteiger charge is 2.18. The molecule has 0 radical (unpaired) electrons. The van der Waals surface area contributed by atoms with Gasteiger partial charge in [0.05, 0.1) is 6.07 Å². The second-order valence-corrected chi connectivity index (χ2v) is 4.12. The Bertz CT molecular complexity index is 225. The molecule has 0 saturated carbocycles. The Labute approximate surface area is 85.2 Å². The van der Waals surface area contributed by atoms with Gasteiger partial charge in [0.1, 0.15) is 11.6 Å². The van der Waals surface area contributed by atoms with E-state index in [9.17, 15) is 4.79 Å². The van der Waals surface area contributed by atoms with Crippen molar-refractivity contribution in [1.82, 2.24) is 5.32 Å². The Morgan fingerprint density at radius 2 is 2.14 bits per heavy atom. The van der Waals surface area contributed by atoms with Crippen LogP contribution in [0.4, 0.5) is 4.79 Å². The second kappa shape index (κ2) is 5.48. The molecule has 1 atom stereocenters. The van der Waals surface area contributed by atoms with Crippen LogP contribution in [0.5, 0.6) is 0 Å². The molecule has 0 aromatic carbocycles. The van der Waals surface area contributed by atoms with Gasteiger partial charge in [-0.05, 0) is 27.2 Å². The van der Waals surface area contributed by atoms with Crippen LogP contribution in [0.1, 0.15) is 40.5 Å². The Balaban J connectivity index is 3.99. The predicted octanol–water partition coefficient (Wildman–Crippen LogP) is 2.20. The van der Waals surface area contributed by atoms with Crippen molar-refractivity contribution in [2.75, 3.05) is 0 Å². The van der Waals surface area contributed by atoms with E-state index in [1.165, 1.54) is 0 Å². The fourth-order valence-electron chi connectivity index (χ4n) is 0.907. The zero-order valence-electron chi connectivity index (χ0n) is 9.26. The average molecular weight is 198 g/mol. The highest BCUT2D eigenvalue weighted by atomic mass is 16.6. The van der Waals surface area contributed by atoms with E-state index in [2.05, 4.69) is 5.32 Å². The summed E-state index contributed by atoms with van der Waals surface area (Å²) < 4.78 is 5.02. The lowest BCUT2D eigenvalue weighted by atomic mass is 10.2. The van der Waals surface area contributed by atoms with Crippen molar-refractivity contribution in [3.63, 3.8) is 0 Å². The minimum atomic E-state index is -0.530. The highest BCUT2D eigenvalue weighted by molar-refractivity contribution is 5.68. The number of ether oxygens (including phenoxy) is 1. The second-order valence-electron chi connectivity index (χ2n) is 4.12. The number of amides is 1. The normalized spacial score (nSPS) is 12.8. The molecular formula is C10H18N2O2. The molecule has 14 heavy (non-hydrogen) atoms. The SMILES string of the molecule is CCCC(C#N)NC(=O)OC(C)(C)C. The Hall–Kier alpha value is -1.24. The maximum Gasteiger partial charge on any atom is 0.408 e. The van der Waals surface area contributed by atoms with Crippen molar-refractivity contribution in [2.45, 2.75) is 52.2 Å². The van der Waals surface area contributed by atoms with Crippen LogP contribution in [0.3, 0.4) is 0 Å². The molecule has 0 heterocycles. The molecule has 0 fully saturated rings.